The topological polar surface area (TPSA) is 55.4 Å². The molecule has 0 saturated heterocycles. The molecule has 0 aliphatic heterocycles. The zero-order chi connectivity index (χ0) is 18.5. The molecule has 0 aliphatic carbocycles. The van der Waals surface area contributed by atoms with Crippen LogP contribution in [0.4, 0.5) is 17.6 Å². The molecule has 0 spiro atoms. The van der Waals surface area contributed by atoms with Gasteiger partial charge >= 0.3 is 6.18 Å². The van der Waals surface area contributed by atoms with E-state index in [1.807, 2.05) is 0 Å². The van der Waals surface area contributed by atoms with Gasteiger partial charge in [0.15, 0.2) is 5.58 Å². The number of fused-ring (bicyclic) bond motifs is 1. The summed E-state index contributed by atoms with van der Waals surface area (Å²) in [4.78, 5) is 12.4. The molecular formula is C16H10ClF4NO3. The number of benzene rings is 1. The summed E-state index contributed by atoms with van der Waals surface area (Å²) in [7, 11) is 0.953. The molecule has 3 rings (SSSR count). The first kappa shape index (κ1) is 17.5. The van der Waals surface area contributed by atoms with Crippen LogP contribution in [0.3, 0.4) is 0 Å². The number of pyridine rings is 1. The van der Waals surface area contributed by atoms with Gasteiger partial charge in [0.05, 0.1) is 10.6 Å². The second-order valence-corrected chi connectivity index (χ2v) is 5.73. The maximum atomic E-state index is 14.5. The van der Waals surface area contributed by atoms with Gasteiger partial charge in [-0.15, -0.1) is 0 Å². The fraction of sp³-hybridized carbons (Fsp3) is 0.188. The SMILES string of the molecule is Cn1c(C(F)(F)F)ccc(-c2c(F)cc(Cl)c3oc(CO)cc23)c1=O. The van der Waals surface area contributed by atoms with Gasteiger partial charge < -0.3 is 14.1 Å². The van der Waals surface area contributed by atoms with Crippen molar-refractivity contribution < 1.29 is 27.1 Å². The summed E-state index contributed by atoms with van der Waals surface area (Å²) in [6.45, 7) is -0.489. The fourth-order valence-electron chi connectivity index (χ4n) is 2.64. The molecular weight excluding hydrogens is 366 g/mol. The molecule has 1 N–H and O–H groups in total. The zero-order valence-corrected chi connectivity index (χ0v) is 13.4. The van der Waals surface area contributed by atoms with Crippen molar-refractivity contribution in [2.75, 3.05) is 0 Å². The van der Waals surface area contributed by atoms with Crippen molar-refractivity contribution in [1.82, 2.24) is 4.57 Å². The molecule has 3 aromatic rings. The van der Waals surface area contributed by atoms with E-state index < -0.39 is 29.9 Å². The number of halogens is 5. The lowest BCUT2D eigenvalue weighted by atomic mass is 10.0. The summed E-state index contributed by atoms with van der Waals surface area (Å²) in [5.74, 6) is -0.813. The number of nitrogens with zero attached hydrogens (tertiary/aromatic N) is 1. The number of hydrogen-bond acceptors (Lipinski definition) is 3. The number of alkyl halides is 3. The van der Waals surface area contributed by atoms with Crippen LogP contribution in [0.15, 0.2) is 33.5 Å². The third kappa shape index (κ3) is 2.81. The first-order chi connectivity index (χ1) is 11.6. The molecule has 0 bridgehead atoms. The fourth-order valence-corrected chi connectivity index (χ4v) is 2.88. The van der Waals surface area contributed by atoms with Crippen molar-refractivity contribution in [3.63, 3.8) is 0 Å². The molecule has 0 saturated carbocycles. The molecule has 1 aromatic carbocycles. The van der Waals surface area contributed by atoms with Gasteiger partial charge in [0.2, 0.25) is 0 Å². The molecule has 0 unspecified atom stereocenters. The molecule has 4 nitrogen and oxygen atoms in total. The summed E-state index contributed by atoms with van der Waals surface area (Å²) in [6.07, 6.45) is -4.72. The highest BCUT2D eigenvalue weighted by Gasteiger charge is 2.34. The molecule has 0 atom stereocenters. The van der Waals surface area contributed by atoms with Crippen molar-refractivity contribution >= 4 is 22.6 Å². The van der Waals surface area contributed by atoms with E-state index in [0.29, 0.717) is 10.6 Å². The van der Waals surface area contributed by atoms with E-state index in [1.54, 1.807) is 0 Å². The van der Waals surface area contributed by atoms with Gasteiger partial charge in [-0.2, -0.15) is 13.2 Å². The average Bonchev–Trinajstić information content (AvgIpc) is 2.94. The number of hydrogen-bond donors (Lipinski definition) is 1. The summed E-state index contributed by atoms with van der Waals surface area (Å²) in [5.41, 5.74) is -2.67. The van der Waals surface area contributed by atoms with Crippen LogP contribution in [0.2, 0.25) is 5.02 Å². The Morgan fingerprint density at radius 1 is 1.28 bits per heavy atom. The summed E-state index contributed by atoms with van der Waals surface area (Å²) in [6, 6.07) is 3.80. The maximum Gasteiger partial charge on any atom is 0.431 e. The first-order valence-corrected chi connectivity index (χ1v) is 7.31. The van der Waals surface area contributed by atoms with Crippen LogP contribution in [0.25, 0.3) is 22.1 Å². The van der Waals surface area contributed by atoms with Gasteiger partial charge in [-0.25, -0.2) is 4.39 Å². The Labute approximate surface area is 142 Å². The summed E-state index contributed by atoms with van der Waals surface area (Å²) < 4.78 is 58.9. The van der Waals surface area contributed by atoms with Gasteiger partial charge in [-0.3, -0.25) is 4.79 Å². The van der Waals surface area contributed by atoms with E-state index in [1.165, 1.54) is 6.07 Å². The van der Waals surface area contributed by atoms with Crippen LogP contribution >= 0.6 is 11.6 Å². The minimum absolute atomic E-state index is 0.0315. The Balaban J connectivity index is 2.36. The number of furan rings is 1. The first-order valence-electron chi connectivity index (χ1n) is 6.94. The van der Waals surface area contributed by atoms with E-state index in [4.69, 9.17) is 21.1 Å². The molecule has 132 valence electrons. The largest absolute Gasteiger partial charge is 0.457 e. The van der Waals surface area contributed by atoms with Crippen molar-refractivity contribution in [2.45, 2.75) is 12.8 Å². The van der Waals surface area contributed by atoms with E-state index >= 15 is 0 Å². The molecule has 0 fully saturated rings. The third-order valence-corrected chi connectivity index (χ3v) is 4.06. The van der Waals surface area contributed by atoms with Crippen molar-refractivity contribution in [2.24, 2.45) is 7.05 Å². The van der Waals surface area contributed by atoms with Crippen molar-refractivity contribution in [3.8, 4) is 11.1 Å². The Morgan fingerprint density at radius 2 is 1.96 bits per heavy atom. The minimum Gasteiger partial charge on any atom is -0.457 e. The van der Waals surface area contributed by atoms with Gasteiger partial charge in [0.25, 0.3) is 5.56 Å². The standard InChI is InChI=1S/C16H10ClF4NO3/c1-22-12(16(19,20)21)3-2-8(15(22)24)13-9-4-7(6-23)25-14(9)10(17)5-11(13)18/h2-5,23H,6H2,1H3. The van der Waals surface area contributed by atoms with Crippen molar-refractivity contribution in [3.05, 3.63) is 56.9 Å². The Hall–Kier alpha value is -2.32. The van der Waals surface area contributed by atoms with Crippen LogP contribution < -0.4 is 5.56 Å². The number of aromatic nitrogens is 1. The second-order valence-electron chi connectivity index (χ2n) is 5.32. The molecule has 0 amide bonds. The quantitative estimate of drug-likeness (QED) is 0.686. The molecule has 25 heavy (non-hydrogen) atoms. The van der Waals surface area contributed by atoms with Gasteiger partial charge in [-0.05, 0) is 24.3 Å². The number of aliphatic hydroxyl groups excluding tert-OH is 1. The van der Waals surface area contributed by atoms with E-state index in [-0.39, 0.29) is 32.9 Å². The van der Waals surface area contributed by atoms with E-state index in [9.17, 15) is 22.4 Å². The minimum atomic E-state index is -4.72. The highest BCUT2D eigenvalue weighted by molar-refractivity contribution is 6.35. The van der Waals surface area contributed by atoms with Crippen LogP contribution in [0.5, 0.6) is 0 Å². The molecule has 2 aromatic heterocycles. The summed E-state index contributed by atoms with van der Waals surface area (Å²) >= 11 is 5.90. The van der Waals surface area contributed by atoms with E-state index in [2.05, 4.69) is 0 Å². The molecule has 0 aliphatic rings. The highest BCUT2D eigenvalue weighted by atomic mass is 35.5. The zero-order valence-electron chi connectivity index (χ0n) is 12.6. The lowest BCUT2D eigenvalue weighted by molar-refractivity contribution is -0.143. The lowest BCUT2D eigenvalue weighted by Crippen LogP contribution is -2.26. The van der Waals surface area contributed by atoms with Crippen LogP contribution in [-0.2, 0) is 19.8 Å². The lowest BCUT2D eigenvalue weighted by Gasteiger charge is -2.13. The number of rotatable bonds is 2. The molecule has 0 radical (unpaired) electrons. The average molecular weight is 376 g/mol. The van der Waals surface area contributed by atoms with Crippen LogP contribution in [0, 0.1) is 5.82 Å². The Kier molecular flexibility index (Phi) is 4.12. The predicted molar refractivity (Wildman–Crippen MR) is 82.8 cm³/mol. The predicted octanol–water partition coefficient (Wildman–Crippen LogP) is 4.10. The van der Waals surface area contributed by atoms with Gasteiger partial charge in [-0.1, -0.05) is 11.6 Å². The summed E-state index contributed by atoms with van der Waals surface area (Å²) in [5, 5.41) is 9.17. The maximum absolute atomic E-state index is 14.5. The molecule has 9 heteroatoms. The Morgan fingerprint density at radius 3 is 2.56 bits per heavy atom. The smallest absolute Gasteiger partial charge is 0.431 e. The van der Waals surface area contributed by atoms with Crippen LogP contribution in [-0.4, -0.2) is 9.67 Å². The normalized spacial score (nSPS) is 12.1. The Bertz CT molecular complexity index is 1040. The van der Waals surface area contributed by atoms with Crippen LogP contribution in [0.1, 0.15) is 11.5 Å². The van der Waals surface area contributed by atoms with Crippen molar-refractivity contribution in [1.29, 1.82) is 0 Å². The second kappa shape index (κ2) is 5.89. The van der Waals surface area contributed by atoms with Gasteiger partial charge in [0.1, 0.15) is 23.9 Å². The number of aliphatic hydroxyl groups is 1. The highest BCUT2D eigenvalue weighted by Crippen LogP contribution is 2.37. The monoisotopic (exact) mass is 375 g/mol. The molecule has 2 heterocycles. The van der Waals surface area contributed by atoms with Gasteiger partial charge in [0, 0.05) is 18.0 Å². The third-order valence-electron chi connectivity index (χ3n) is 3.78. The van der Waals surface area contributed by atoms with E-state index in [0.717, 1.165) is 19.2 Å².